The summed E-state index contributed by atoms with van der Waals surface area (Å²) in [6.45, 7) is 6.31. The second kappa shape index (κ2) is 5.94. The van der Waals surface area contributed by atoms with Crippen LogP contribution in [0.2, 0.25) is 0 Å². The molecule has 1 aromatic heterocycles. The first kappa shape index (κ1) is 15.6. The Morgan fingerprint density at radius 1 is 1.52 bits per heavy atom. The van der Waals surface area contributed by atoms with E-state index in [0.717, 1.165) is 24.5 Å². The maximum Gasteiger partial charge on any atom is 0.265 e. The van der Waals surface area contributed by atoms with Gasteiger partial charge in [-0.25, -0.2) is 0 Å². The molecule has 1 aromatic rings. The van der Waals surface area contributed by atoms with Gasteiger partial charge in [-0.3, -0.25) is 4.79 Å². The smallest absolute Gasteiger partial charge is 0.265 e. The molecule has 114 valence electrons. The zero-order valence-corrected chi connectivity index (χ0v) is 13.8. The van der Waals surface area contributed by atoms with Crippen LogP contribution >= 0.6 is 11.3 Å². The van der Waals surface area contributed by atoms with Gasteiger partial charge in [-0.05, 0) is 18.3 Å². The first-order chi connectivity index (χ1) is 9.86. The molecule has 1 atom stereocenters. The minimum absolute atomic E-state index is 0.139. The number of carbonyl (C=O) groups excluding carboxylic acids is 1. The number of thiophene rings is 1. The molecule has 2 N–H and O–H groups in total. The minimum atomic E-state index is -0.139. The van der Waals surface area contributed by atoms with E-state index in [-0.39, 0.29) is 5.91 Å². The maximum atomic E-state index is 12.2. The van der Waals surface area contributed by atoms with Gasteiger partial charge in [0.05, 0.1) is 5.69 Å². The van der Waals surface area contributed by atoms with Crippen LogP contribution in [-0.2, 0) is 0 Å². The predicted molar refractivity (Wildman–Crippen MR) is 86.6 cm³/mol. The van der Waals surface area contributed by atoms with Crippen molar-refractivity contribution in [3.05, 3.63) is 10.4 Å². The van der Waals surface area contributed by atoms with E-state index in [1.54, 1.807) is 14.1 Å². The third-order valence-electron chi connectivity index (χ3n) is 4.09. The van der Waals surface area contributed by atoms with Crippen LogP contribution in [0.4, 0.5) is 10.7 Å². The monoisotopic (exact) mass is 306 g/mol. The summed E-state index contributed by atoms with van der Waals surface area (Å²) in [5.74, 6) is 1.12. The highest BCUT2D eigenvalue weighted by molar-refractivity contribution is 7.19. The molecule has 0 saturated carbocycles. The summed E-state index contributed by atoms with van der Waals surface area (Å²) in [7, 11) is 3.38. The van der Waals surface area contributed by atoms with Gasteiger partial charge in [0.25, 0.3) is 5.91 Å². The second-order valence-corrected chi connectivity index (χ2v) is 7.07. The summed E-state index contributed by atoms with van der Waals surface area (Å²) >= 11 is 1.35. The summed E-state index contributed by atoms with van der Waals surface area (Å²) in [6, 6.07) is 2.17. The molecule has 5 nitrogen and oxygen atoms in total. The lowest BCUT2D eigenvalue weighted by atomic mass is 9.95. The Morgan fingerprint density at radius 3 is 2.67 bits per heavy atom. The van der Waals surface area contributed by atoms with Crippen molar-refractivity contribution in [3.8, 4) is 6.07 Å². The Kier molecular flexibility index (Phi) is 4.43. The normalized spacial score (nSPS) is 18.1. The summed E-state index contributed by atoms with van der Waals surface area (Å²) in [5.41, 5.74) is 6.81. The summed E-state index contributed by atoms with van der Waals surface area (Å²) in [5, 5.41) is 10.2. The van der Waals surface area contributed by atoms with E-state index in [9.17, 15) is 10.1 Å². The number of rotatable bonds is 3. The van der Waals surface area contributed by atoms with Crippen molar-refractivity contribution in [1.82, 2.24) is 4.90 Å². The van der Waals surface area contributed by atoms with Crippen LogP contribution in [0, 0.1) is 23.2 Å². The van der Waals surface area contributed by atoms with Gasteiger partial charge in [-0.1, -0.05) is 13.8 Å². The van der Waals surface area contributed by atoms with E-state index < -0.39 is 0 Å². The number of nitrogens with two attached hydrogens (primary N) is 1. The molecule has 0 bridgehead atoms. The van der Waals surface area contributed by atoms with Gasteiger partial charge >= 0.3 is 0 Å². The van der Waals surface area contributed by atoms with Crippen LogP contribution in [0.1, 0.15) is 35.5 Å². The third kappa shape index (κ3) is 2.84. The highest BCUT2D eigenvalue weighted by Crippen LogP contribution is 2.41. The molecule has 0 radical (unpaired) electrons. The van der Waals surface area contributed by atoms with Crippen LogP contribution in [0.5, 0.6) is 0 Å². The molecule has 1 aliphatic rings. The lowest BCUT2D eigenvalue weighted by Gasteiger charge is -2.18. The van der Waals surface area contributed by atoms with Gasteiger partial charge in [-0.15, -0.1) is 11.3 Å². The molecule has 6 heteroatoms. The van der Waals surface area contributed by atoms with Crippen molar-refractivity contribution in [2.24, 2.45) is 11.8 Å². The lowest BCUT2D eigenvalue weighted by Crippen LogP contribution is -2.21. The van der Waals surface area contributed by atoms with E-state index in [1.807, 2.05) is 0 Å². The van der Waals surface area contributed by atoms with Crippen molar-refractivity contribution >= 4 is 27.9 Å². The Hall–Kier alpha value is -1.74. The van der Waals surface area contributed by atoms with Gasteiger partial charge in [0.2, 0.25) is 0 Å². The van der Waals surface area contributed by atoms with Crippen LogP contribution in [0.15, 0.2) is 0 Å². The fourth-order valence-corrected chi connectivity index (χ4v) is 3.87. The topological polar surface area (TPSA) is 73.4 Å². The molecule has 1 saturated heterocycles. The summed E-state index contributed by atoms with van der Waals surface area (Å²) in [4.78, 5) is 16.3. The average Bonchev–Trinajstić information content (AvgIpc) is 3.02. The predicted octanol–water partition coefficient (Wildman–Crippen LogP) is 2.39. The van der Waals surface area contributed by atoms with Crippen molar-refractivity contribution in [3.63, 3.8) is 0 Å². The molecule has 1 amide bonds. The Morgan fingerprint density at radius 2 is 2.19 bits per heavy atom. The molecular weight excluding hydrogens is 284 g/mol. The number of hydrogen-bond acceptors (Lipinski definition) is 5. The Balaban J connectivity index is 2.35. The van der Waals surface area contributed by atoms with E-state index >= 15 is 0 Å². The van der Waals surface area contributed by atoms with Gasteiger partial charge in [0.1, 0.15) is 21.5 Å². The quantitative estimate of drug-likeness (QED) is 0.930. The van der Waals surface area contributed by atoms with Gasteiger partial charge in [0, 0.05) is 27.2 Å². The number of carbonyl (C=O) groups is 1. The van der Waals surface area contributed by atoms with E-state index in [0.29, 0.717) is 28.0 Å². The molecule has 1 aliphatic heterocycles. The van der Waals surface area contributed by atoms with Crippen molar-refractivity contribution in [1.29, 1.82) is 5.26 Å². The Bertz CT molecular complexity index is 585. The maximum absolute atomic E-state index is 12.2. The van der Waals surface area contributed by atoms with Crippen LogP contribution in [-0.4, -0.2) is 38.0 Å². The van der Waals surface area contributed by atoms with E-state index in [1.165, 1.54) is 16.2 Å². The van der Waals surface area contributed by atoms with Crippen LogP contribution in [0.25, 0.3) is 0 Å². The fourth-order valence-electron chi connectivity index (χ4n) is 2.64. The van der Waals surface area contributed by atoms with E-state index in [2.05, 4.69) is 24.8 Å². The number of anilines is 2. The van der Waals surface area contributed by atoms with Gasteiger partial charge in [-0.2, -0.15) is 5.26 Å². The average molecular weight is 306 g/mol. The number of nitriles is 1. The first-order valence-electron chi connectivity index (χ1n) is 7.15. The van der Waals surface area contributed by atoms with Crippen LogP contribution < -0.4 is 10.6 Å². The minimum Gasteiger partial charge on any atom is -0.396 e. The SMILES string of the molecule is CC(C)C1CCN(c2sc(C(=O)N(C)C)c(N)c2C#N)C1. The zero-order chi connectivity index (χ0) is 15.7. The fraction of sp³-hybridized carbons (Fsp3) is 0.600. The largest absolute Gasteiger partial charge is 0.396 e. The number of nitrogen functional groups attached to an aromatic ring is 1. The van der Waals surface area contributed by atoms with Gasteiger partial charge in [0.15, 0.2) is 0 Å². The van der Waals surface area contributed by atoms with Crippen molar-refractivity contribution < 1.29 is 4.79 Å². The number of nitrogens with zero attached hydrogens (tertiary/aromatic N) is 3. The zero-order valence-electron chi connectivity index (χ0n) is 13.0. The van der Waals surface area contributed by atoms with Gasteiger partial charge < -0.3 is 15.5 Å². The highest BCUT2D eigenvalue weighted by Gasteiger charge is 2.30. The van der Waals surface area contributed by atoms with Crippen molar-refractivity contribution in [2.45, 2.75) is 20.3 Å². The number of amides is 1. The highest BCUT2D eigenvalue weighted by atomic mass is 32.1. The molecule has 0 spiro atoms. The Labute approximate surface area is 129 Å². The van der Waals surface area contributed by atoms with E-state index in [4.69, 9.17) is 5.73 Å². The third-order valence-corrected chi connectivity index (χ3v) is 5.35. The molecule has 1 unspecified atom stereocenters. The summed E-state index contributed by atoms with van der Waals surface area (Å²) < 4.78 is 0. The molecule has 0 aromatic carbocycles. The second-order valence-electron chi connectivity index (χ2n) is 6.08. The molecule has 2 rings (SSSR count). The summed E-state index contributed by atoms with van der Waals surface area (Å²) in [6.07, 6.45) is 1.12. The molecular formula is C15H22N4OS. The van der Waals surface area contributed by atoms with Crippen LogP contribution in [0.3, 0.4) is 0 Å². The molecule has 21 heavy (non-hydrogen) atoms. The standard InChI is InChI=1S/C15H22N4OS/c1-9(2)10-5-6-19(8-10)15-11(7-16)12(17)13(21-15)14(20)18(3)4/h9-10H,5-6,8,17H2,1-4H3. The number of hydrogen-bond donors (Lipinski definition) is 1. The molecule has 0 aliphatic carbocycles. The lowest BCUT2D eigenvalue weighted by molar-refractivity contribution is 0.0833. The van der Waals surface area contributed by atoms with Crippen molar-refractivity contribution in [2.75, 3.05) is 37.8 Å². The molecule has 2 heterocycles. The first-order valence-corrected chi connectivity index (χ1v) is 7.97. The molecule has 1 fully saturated rings.